The highest BCUT2D eigenvalue weighted by Gasteiger charge is 2.45. The fourth-order valence-electron chi connectivity index (χ4n) is 2.82. The number of urea groups is 1. The molecule has 3 rings (SSSR count). The molecule has 1 aromatic rings. The predicted octanol–water partition coefficient (Wildman–Crippen LogP) is 2.40. The average Bonchev–Trinajstić information content (AvgIpc) is 3.28. The van der Waals surface area contributed by atoms with Crippen LogP contribution in [0.1, 0.15) is 31.2 Å². The zero-order valence-corrected chi connectivity index (χ0v) is 11.7. The van der Waals surface area contributed by atoms with Crippen molar-refractivity contribution in [2.24, 2.45) is 5.92 Å². The van der Waals surface area contributed by atoms with E-state index in [1.165, 1.54) is 5.56 Å². The molecular weight excluding hydrogens is 252 g/mol. The van der Waals surface area contributed by atoms with Crippen molar-refractivity contribution in [1.82, 2.24) is 10.6 Å². The summed E-state index contributed by atoms with van der Waals surface area (Å²) in [5.74, 6) is 0.557. The summed E-state index contributed by atoms with van der Waals surface area (Å²) in [7, 11) is 0. The van der Waals surface area contributed by atoms with Crippen LogP contribution in [0.3, 0.4) is 0 Å². The van der Waals surface area contributed by atoms with Crippen molar-refractivity contribution < 1.29 is 9.53 Å². The second kappa shape index (κ2) is 5.83. The van der Waals surface area contributed by atoms with Gasteiger partial charge >= 0.3 is 6.03 Å². The van der Waals surface area contributed by atoms with Gasteiger partial charge in [-0.2, -0.15) is 0 Å². The maximum Gasteiger partial charge on any atom is 0.315 e. The van der Waals surface area contributed by atoms with Gasteiger partial charge in [0.15, 0.2) is 0 Å². The first kappa shape index (κ1) is 13.4. The summed E-state index contributed by atoms with van der Waals surface area (Å²) in [6.07, 6.45) is 4.15. The standard InChI is InChI=1S/C16H22N2O2/c19-15(17-12-13-6-10-20-11-7-13)18-16(8-9-16)14-4-2-1-3-5-14/h1-5,13H,6-12H2,(H2,17,18,19). The van der Waals surface area contributed by atoms with Crippen LogP contribution in [0.25, 0.3) is 0 Å². The van der Waals surface area contributed by atoms with Gasteiger partial charge in [-0.15, -0.1) is 0 Å². The van der Waals surface area contributed by atoms with Gasteiger partial charge in [0.1, 0.15) is 0 Å². The van der Waals surface area contributed by atoms with Gasteiger partial charge in [-0.3, -0.25) is 0 Å². The number of amides is 2. The largest absolute Gasteiger partial charge is 0.381 e. The minimum absolute atomic E-state index is 0.0437. The average molecular weight is 274 g/mol. The van der Waals surface area contributed by atoms with E-state index in [0.29, 0.717) is 5.92 Å². The molecule has 20 heavy (non-hydrogen) atoms. The molecule has 0 atom stereocenters. The third kappa shape index (κ3) is 3.12. The lowest BCUT2D eigenvalue weighted by Gasteiger charge is -2.23. The number of benzene rings is 1. The van der Waals surface area contributed by atoms with Crippen molar-refractivity contribution >= 4 is 6.03 Å². The van der Waals surface area contributed by atoms with E-state index in [4.69, 9.17) is 4.74 Å². The molecule has 1 aliphatic heterocycles. The van der Waals surface area contributed by atoms with Crippen molar-refractivity contribution in [3.8, 4) is 0 Å². The Kier molecular flexibility index (Phi) is 3.92. The molecule has 2 aliphatic rings. The number of carbonyl (C=O) groups excluding carboxylic acids is 1. The highest BCUT2D eigenvalue weighted by molar-refractivity contribution is 5.75. The molecule has 1 saturated carbocycles. The Morgan fingerprint density at radius 2 is 1.90 bits per heavy atom. The van der Waals surface area contributed by atoms with Gasteiger partial charge in [0.05, 0.1) is 5.54 Å². The third-order valence-corrected chi connectivity index (χ3v) is 4.32. The molecule has 2 fully saturated rings. The Bertz CT molecular complexity index is 451. The Morgan fingerprint density at radius 1 is 1.20 bits per heavy atom. The zero-order valence-electron chi connectivity index (χ0n) is 11.7. The second-order valence-corrected chi connectivity index (χ2v) is 5.84. The van der Waals surface area contributed by atoms with Gasteiger partial charge in [-0.1, -0.05) is 30.3 Å². The van der Waals surface area contributed by atoms with E-state index >= 15 is 0 Å². The molecule has 2 amide bonds. The van der Waals surface area contributed by atoms with E-state index in [1.807, 2.05) is 18.2 Å². The fourth-order valence-corrected chi connectivity index (χ4v) is 2.82. The van der Waals surface area contributed by atoms with Gasteiger partial charge in [0.2, 0.25) is 0 Å². The normalized spacial score (nSPS) is 21.2. The highest BCUT2D eigenvalue weighted by Crippen LogP contribution is 2.45. The van der Waals surface area contributed by atoms with Crippen molar-refractivity contribution in [2.45, 2.75) is 31.2 Å². The van der Waals surface area contributed by atoms with Crippen LogP contribution in [0.4, 0.5) is 4.79 Å². The maximum atomic E-state index is 12.1. The van der Waals surface area contributed by atoms with Crippen molar-refractivity contribution in [3.63, 3.8) is 0 Å². The van der Waals surface area contributed by atoms with Gasteiger partial charge in [-0.05, 0) is 37.2 Å². The van der Waals surface area contributed by atoms with E-state index in [2.05, 4.69) is 22.8 Å². The summed E-state index contributed by atoms with van der Waals surface area (Å²) < 4.78 is 5.33. The molecule has 1 aromatic carbocycles. The first-order valence-electron chi connectivity index (χ1n) is 7.48. The molecule has 4 heteroatoms. The lowest BCUT2D eigenvalue weighted by Crippen LogP contribution is -2.44. The van der Waals surface area contributed by atoms with E-state index in [9.17, 15) is 4.79 Å². The summed E-state index contributed by atoms with van der Waals surface area (Å²) in [4.78, 5) is 12.1. The van der Waals surface area contributed by atoms with Crippen LogP contribution in [-0.4, -0.2) is 25.8 Å². The molecule has 0 radical (unpaired) electrons. The van der Waals surface area contributed by atoms with Crippen molar-refractivity contribution in [1.29, 1.82) is 0 Å². The van der Waals surface area contributed by atoms with E-state index in [1.54, 1.807) is 0 Å². The van der Waals surface area contributed by atoms with Crippen LogP contribution in [0.2, 0.25) is 0 Å². The predicted molar refractivity (Wildman–Crippen MR) is 77.4 cm³/mol. The number of hydrogen-bond acceptors (Lipinski definition) is 2. The van der Waals surface area contributed by atoms with Crippen molar-refractivity contribution in [3.05, 3.63) is 35.9 Å². The highest BCUT2D eigenvalue weighted by atomic mass is 16.5. The molecule has 0 aromatic heterocycles. The monoisotopic (exact) mass is 274 g/mol. The summed E-state index contributed by atoms with van der Waals surface area (Å²) in [5, 5.41) is 6.15. The molecular formula is C16H22N2O2. The van der Waals surface area contributed by atoms with Crippen LogP contribution in [0, 0.1) is 5.92 Å². The van der Waals surface area contributed by atoms with Gasteiger partial charge < -0.3 is 15.4 Å². The molecule has 0 spiro atoms. The van der Waals surface area contributed by atoms with E-state index < -0.39 is 0 Å². The number of carbonyl (C=O) groups is 1. The molecule has 108 valence electrons. The molecule has 2 N–H and O–H groups in total. The smallest absolute Gasteiger partial charge is 0.315 e. The Balaban J connectivity index is 1.49. The molecule has 0 unspecified atom stereocenters. The maximum absolute atomic E-state index is 12.1. The lowest BCUT2D eigenvalue weighted by molar-refractivity contribution is 0.0669. The second-order valence-electron chi connectivity index (χ2n) is 5.84. The van der Waals surface area contributed by atoms with E-state index in [0.717, 1.165) is 45.4 Å². The molecule has 4 nitrogen and oxygen atoms in total. The number of hydrogen-bond donors (Lipinski definition) is 2. The summed E-state index contributed by atoms with van der Waals surface area (Å²) in [5.41, 5.74) is 1.09. The molecule has 1 saturated heterocycles. The minimum Gasteiger partial charge on any atom is -0.381 e. The Hall–Kier alpha value is -1.55. The summed E-state index contributed by atoms with van der Waals surface area (Å²) in [6, 6.07) is 10.2. The van der Waals surface area contributed by atoms with Crippen LogP contribution in [0.15, 0.2) is 30.3 Å². The Morgan fingerprint density at radius 3 is 2.55 bits per heavy atom. The van der Waals surface area contributed by atoms with E-state index in [-0.39, 0.29) is 11.6 Å². The minimum atomic E-state index is -0.124. The first-order chi connectivity index (χ1) is 9.78. The number of ether oxygens (including phenoxy) is 1. The van der Waals surface area contributed by atoms with Gasteiger partial charge in [0, 0.05) is 19.8 Å². The van der Waals surface area contributed by atoms with Crippen LogP contribution in [0.5, 0.6) is 0 Å². The topological polar surface area (TPSA) is 50.4 Å². The van der Waals surface area contributed by atoms with Crippen LogP contribution >= 0.6 is 0 Å². The zero-order chi connectivity index (χ0) is 13.8. The third-order valence-electron chi connectivity index (χ3n) is 4.32. The van der Waals surface area contributed by atoms with Crippen LogP contribution in [-0.2, 0) is 10.3 Å². The van der Waals surface area contributed by atoms with Crippen molar-refractivity contribution in [2.75, 3.05) is 19.8 Å². The molecule has 0 bridgehead atoms. The lowest BCUT2D eigenvalue weighted by atomic mass is 10.0. The van der Waals surface area contributed by atoms with Gasteiger partial charge in [-0.25, -0.2) is 4.79 Å². The first-order valence-corrected chi connectivity index (χ1v) is 7.48. The number of rotatable bonds is 4. The number of nitrogens with one attached hydrogen (secondary N) is 2. The molecule has 1 heterocycles. The Labute approximate surface area is 119 Å². The fraction of sp³-hybridized carbons (Fsp3) is 0.562. The molecule has 1 aliphatic carbocycles. The van der Waals surface area contributed by atoms with Gasteiger partial charge in [0.25, 0.3) is 0 Å². The van der Waals surface area contributed by atoms with Crippen LogP contribution < -0.4 is 10.6 Å². The SMILES string of the molecule is O=C(NCC1CCOCC1)NC1(c2ccccc2)CC1. The summed E-state index contributed by atoms with van der Waals surface area (Å²) >= 11 is 0. The summed E-state index contributed by atoms with van der Waals surface area (Å²) in [6.45, 7) is 2.39. The quantitative estimate of drug-likeness (QED) is 0.886.